The molecular weight excluding hydrogens is 278 g/mol. The number of rotatable bonds is 5. The van der Waals surface area contributed by atoms with Crippen LogP contribution in [0.1, 0.15) is 32.3 Å². The highest BCUT2D eigenvalue weighted by Crippen LogP contribution is 2.14. The van der Waals surface area contributed by atoms with E-state index in [0.29, 0.717) is 32.6 Å². The SMILES string of the molecule is CCC(CC)C(=O)N1CCN(C(=O)Cc2ccn(C)c2)CC1. The van der Waals surface area contributed by atoms with Crippen molar-refractivity contribution in [2.24, 2.45) is 13.0 Å². The number of aryl methyl sites for hydroxylation is 1. The highest BCUT2D eigenvalue weighted by atomic mass is 16.2. The van der Waals surface area contributed by atoms with Gasteiger partial charge in [0, 0.05) is 51.5 Å². The van der Waals surface area contributed by atoms with Gasteiger partial charge >= 0.3 is 0 Å². The van der Waals surface area contributed by atoms with E-state index < -0.39 is 0 Å². The van der Waals surface area contributed by atoms with Gasteiger partial charge in [0.2, 0.25) is 11.8 Å². The van der Waals surface area contributed by atoms with Crippen LogP contribution in [0.2, 0.25) is 0 Å². The third-order valence-corrected chi connectivity index (χ3v) is 4.53. The Hall–Kier alpha value is -1.78. The predicted molar refractivity (Wildman–Crippen MR) is 86.3 cm³/mol. The van der Waals surface area contributed by atoms with Crippen LogP contribution in [0.3, 0.4) is 0 Å². The summed E-state index contributed by atoms with van der Waals surface area (Å²) in [6.07, 6.45) is 6.16. The van der Waals surface area contributed by atoms with Crippen LogP contribution in [0.25, 0.3) is 0 Å². The van der Waals surface area contributed by atoms with Crippen molar-refractivity contribution in [1.29, 1.82) is 0 Å². The van der Waals surface area contributed by atoms with Crippen LogP contribution in [-0.4, -0.2) is 52.4 Å². The third-order valence-electron chi connectivity index (χ3n) is 4.53. The Balaban J connectivity index is 1.83. The number of hydrogen-bond donors (Lipinski definition) is 0. The van der Waals surface area contributed by atoms with Gasteiger partial charge in [-0.15, -0.1) is 0 Å². The number of amides is 2. The van der Waals surface area contributed by atoms with Gasteiger partial charge in [0.15, 0.2) is 0 Å². The smallest absolute Gasteiger partial charge is 0.227 e. The average Bonchev–Trinajstić information content (AvgIpc) is 2.93. The van der Waals surface area contributed by atoms with Crippen LogP contribution in [0.15, 0.2) is 18.5 Å². The summed E-state index contributed by atoms with van der Waals surface area (Å²) in [5.74, 6) is 0.535. The van der Waals surface area contributed by atoms with Crippen LogP contribution >= 0.6 is 0 Å². The fraction of sp³-hybridized carbons (Fsp3) is 0.647. The quantitative estimate of drug-likeness (QED) is 0.831. The highest BCUT2D eigenvalue weighted by Gasteiger charge is 2.27. The minimum atomic E-state index is 0.131. The van der Waals surface area contributed by atoms with Crippen LogP contribution in [0.5, 0.6) is 0 Å². The van der Waals surface area contributed by atoms with Crippen LogP contribution < -0.4 is 0 Å². The molecule has 0 aliphatic carbocycles. The lowest BCUT2D eigenvalue weighted by Gasteiger charge is -2.36. The maximum absolute atomic E-state index is 12.4. The monoisotopic (exact) mass is 305 g/mol. The Bertz CT molecular complexity index is 512. The van der Waals surface area contributed by atoms with E-state index in [-0.39, 0.29) is 17.7 Å². The molecule has 0 N–H and O–H groups in total. The molecule has 1 aromatic rings. The Labute approximate surface area is 132 Å². The summed E-state index contributed by atoms with van der Waals surface area (Å²) in [7, 11) is 1.95. The van der Waals surface area contributed by atoms with E-state index in [1.807, 2.05) is 39.9 Å². The fourth-order valence-electron chi connectivity index (χ4n) is 3.02. The first-order valence-electron chi connectivity index (χ1n) is 8.22. The fourth-order valence-corrected chi connectivity index (χ4v) is 3.02. The summed E-state index contributed by atoms with van der Waals surface area (Å²) in [4.78, 5) is 28.5. The van der Waals surface area contributed by atoms with Gasteiger partial charge in [0.1, 0.15) is 0 Å². The van der Waals surface area contributed by atoms with E-state index in [1.165, 1.54) is 0 Å². The molecule has 0 saturated carbocycles. The number of carbonyl (C=O) groups is 2. The molecule has 5 nitrogen and oxygen atoms in total. The lowest BCUT2D eigenvalue weighted by molar-refractivity contribution is -0.142. The molecule has 0 aromatic carbocycles. The van der Waals surface area contributed by atoms with Crippen molar-refractivity contribution in [2.45, 2.75) is 33.1 Å². The summed E-state index contributed by atoms with van der Waals surface area (Å²) in [5, 5.41) is 0. The highest BCUT2D eigenvalue weighted by molar-refractivity contribution is 5.81. The largest absolute Gasteiger partial charge is 0.357 e. The minimum Gasteiger partial charge on any atom is -0.357 e. The zero-order valence-electron chi connectivity index (χ0n) is 13.9. The number of hydrogen-bond acceptors (Lipinski definition) is 2. The van der Waals surface area contributed by atoms with Gasteiger partial charge in [0.25, 0.3) is 0 Å². The second kappa shape index (κ2) is 7.47. The van der Waals surface area contributed by atoms with Crippen molar-refractivity contribution in [2.75, 3.05) is 26.2 Å². The summed E-state index contributed by atoms with van der Waals surface area (Å²) in [5.41, 5.74) is 1.04. The molecule has 0 spiro atoms. The minimum absolute atomic E-state index is 0.131. The van der Waals surface area contributed by atoms with E-state index >= 15 is 0 Å². The van der Waals surface area contributed by atoms with Gasteiger partial charge in [-0.2, -0.15) is 0 Å². The second-order valence-corrected chi connectivity index (χ2v) is 6.08. The van der Waals surface area contributed by atoms with Crippen molar-refractivity contribution in [1.82, 2.24) is 14.4 Å². The third kappa shape index (κ3) is 3.90. The molecule has 0 bridgehead atoms. The molecule has 0 atom stereocenters. The Kier molecular flexibility index (Phi) is 5.63. The van der Waals surface area contributed by atoms with Gasteiger partial charge in [-0.3, -0.25) is 9.59 Å². The summed E-state index contributed by atoms with van der Waals surface area (Å²) >= 11 is 0. The van der Waals surface area contributed by atoms with Crippen LogP contribution in [0, 0.1) is 5.92 Å². The Morgan fingerprint density at radius 2 is 1.68 bits per heavy atom. The van der Waals surface area contributed by atoms with Crippen molar-refractivity contribution >= 4 is 11.8 Å². The lowest BCUT2D eigenvalue weighted by Crippen LogP contribution is -2.52. The first-order valence-corrected chi connectivity index (χ1v) is 8.22. The number of carbonyl (C=O) groups excluding carboxylic acids is 2. The second-order valence-electron chi connectivity index (χ2n) is 6.08. The van der Waals surface area contributed by atoms with Crippen molar-refractivity contribution in [3.8, 4) is 0 Å². The molecule has 2 heterocycles. The van der Waals surface area contributed by atoms with Crippen LogP contribution in [-0.2, 0) is 23.1 Å². The number of nitrogens with zero attached hydrogens (tertiary/aromatic N) is 3. The molecule has 0 unspecified atom stereocenters. The molecule has 2 amide bonds. The molecule has 1 aliphatic rings. The summed E-state index contributed by atoms with van der Waals surface area (Å²) in [6.45, 7) is 6.75. The Morgan fingerprint density at radius 3 is 2.18 bits per heavy atom. The number of aromatic nitrogens is 1. The lowest BCUT2D eigenvalue weighted by atomic mass is 10.0. The van der Waals surface area contributed by atoms with Crippen molar-refractivity contribution in [3.05, 3.63) is 24.0 Å². The van der Waals surface area contributed by atoms with Gasteiger partial charge in [-0.05, 0) is 24.5 Å². The van der Waals surface area contributed by atoms with Gasteiger partial charge in [-0.25, -0.2) is 0 Å². The summed E-state index contributed by atoms with van der Waals surface area (Å²) in [6, 6.07) is 1.98. The molecule has 5 heteroatoms. The molecule has 0 radical (unpaired) electrons. The zero-order valence-corrected chi connectivity index (χ0v) is 13.9. The van der Waals surface area contributed by atoms with Gasteiger partial charge in [0.05, 0.1) is 6.42 Å². The van der Waals surface area contributed by atoms with E-state index in [2.05, 4.69) is 13.8 Å². The van der Waals surface area contributed by atoms with E-state index in [1.54, 1.807) is 0 Å². The maximum Gasteiger partial charge on any atom is 0.227 e. The Morgan fingerprint density at radius 1 is 1.09 bits per heavy atom. The molecule has 122 valence electrons. The molecule has 1 aliphatic heterocycles. The molecule has 1 aromatic heterocycles. The molecule has 1 fully saturated rings. The molecule has 2 rings (SSSR count). The predicted octanol–water partition coefficient (Wildman–Crippen LogP) is 1.67. The summed E-state index contributed by atoms with van der Waals surface area (Å²) < 4.78 is 1.95. The molecule has 22 heavy (non-hydrogen) atoms. The van der Waals surface area contributed by atoms with Gasteiger partial charge in [-0.1, -0.05) is 13.8 Å². The standard InChI is InChI=1S/C17H27N3O2/c1-4-15(5-2)17(22)20-10-8-19(9-11-20)16(21)12-14-6-7-18(3)13-14/h6-7,13,15H,4-5,8-12H2,1-3H3. The van der Waals surface area contributed by atoms with E-state index in [0.717, 1.165) is 18.4 Å². The maximum atomic E-state index is 12.4. The van der Waals surface area contributed by atoms with E-state index in [4.69, 9.17) is 0 Å². The van der Waals surface area contributed by atoms with Crippen molar-refractivity contribution < 1.29 is 9.59 Å². The normalized spacial score (nSPS) is 15.5. The first kappa shape index (κ1) is 16.6. The first-order chi connectivity index (χ1) is 10.5. The van der Waals surface area contributed by atoms with Gasteiger partial charge < -0.3 is 14.4 Å². The zero-order chi connectivity index (χ0) is 16.1. The number of piperazine rings is 1. The van der Waals surface area contributed by atoms with Crippen molar-refractivity contribution in [3.63, 3.8) is 0 Å². The van der Waals surface area contributed by atoms with Crippen LogP contribution in [0.4, 0.5) is 0 Å². The van der Waals surface area contributed by atoms with E-state index in [9.17, 15) is 9.59 Å². The topological polar surface area (TPSA) is 45.6 Å². The molecule has 1 saturated heterocycles. The molecular formula is C17H27N3O2. The average molecular weight is 305 g/mol.